The zero-order chi connectivity index (χ0) is 26.9. The van der Waals surface area contributed by atoms with Crippen molar-refractivity contribution >= 4 is 0 Å². The quantitative estimate of drug-likeness (QED) is 0.0592. The van der Waals surface area contributed by atoms with E-state index in [1.165, 1.54) is 180 Å². The van der Waals surface area contributed by atoms with Gasteiger partial charge in [0, 0.05) is 13.1 Å². The van der Waals surface area contributed by atoms with Crippen LogP contribution in [0.1, 0.15) is 194 Å². The molecule has 1 unspecified atom stereocenters. The van der Waals surface area contributed by atoms with E-state index in [0.717, 1.165) is 13.1 Å². The molecule has 0 heterocycles. The fourth-order valence-corrected chi connectivity index (χ4v) is 5.48. The predicted octanol–water partition coefficient (Wildman–Crippen LogP) is 10.4. The van der Waals surface area contributed by atoms with Gasteiger partial charge in [0.15, 0.2) is 0 Å². The van der Waals surface area contributed by atoms with Gasteiger partial charge in [0.05, 0.1) is 6.17 Å². The maximum Gasteiger partial charge on any atom is 0.0542 e. The van der Waals surface area contributed by atoms with Crippen molar-refractivity contribution in [1.29, 1.82) is 0 Å². The summed E-state index contributed by atoms with van der Waals surface area (Å²) in [5.74, 6) is 0. The van der Waals surface area contributed by atoms with E-state index >= 15 is 0 Å². The maximum atomic E-state index is 5.52. The standard InChI is InChI=1S/C34H73N3/c1-3-4-5-6-7-8-9-10-11-12-13-14-15-16-17-18-19-20-21-22-23-24-25-26-27-28-29-30-32-36-34(2)37-33-31-35/h34,36-37H,3-33,35H2,1-2H3. The molecule has 4 N–H and O–H groups in total. The summed E-state index contributed by atoms with van der Waals surface area (Å²) in [6, 6.07) is 0. The summed E-state index contributed by atoms with van der Waals surface area (Å²) in [5, 5.41) is 6.89. The first-order valence-electron chi connectivity index (χ1n) is 17.5. The van der Waals surface area contributed by atoms with Crippen LogP contribution in [0, 0.1) is 0 Å². The van der Waals surface area contributed by atoms with Crippen molar-refractivity contribution < 1.29 is 0 Å². The lowest BCUT2D eigenvalue weighted by Crippen LogP contribution is -2.42. The third kappa shape index (κ3) is 33.9. The minimum Gasteiger partial charge on any atom is -0.329 e. The zero-order valence-corrected chi connectivity index (χ0v) is 26.1. The van der Waals surface area contributed by atoms with Crippen LogP contribution in [0.15, 0.2) is 0 Å². The summed E-state index contributed by atoms with van der Waals surface area (Å²) >= 11 is 0. The second-order valence-electron chi connectivity index (χ2n) is 12.0. The molecule has 0 saturated carbocycles. The van der Waals surface area contributed by atoms with Gasteiger partial charge in [0.1, 0.15) is 0 Å². The van der Waals surface area contributed by atoms with Crippen molar-refractivity contribution in [1.82, 2.24) is 10.6 Å². The van der Waals surface area contributed by atoms with E-state index < -0.39 is 0 Å². The van der Waals surface area contributed by atoms with E-state index in [4.69, 9.17) is 5.73 Å². The third-order valence-corrected chi connectivity index (χ3v) is 8.08. The Hall–Kier alpha value is -0.120. The molecule has 0 fully saturated rings. The molecule has 3 heteroatoms. The topological polar surface area (TPSA) is 50.1 Å². The highest BCUT2D eigenvalue weighted by Crippen LogP contribution is 2.16. The van der Waals surface area contributed by atoms with Crippen molar-refractivity contribution in [2.75, 3.05) is 19.6 Å². The Balaban J connectivity index is 3.04. The molecule has 0 aliphatic heterocycles. The molecule has 0 radical (unpaired) electrons. The van der Waals surface area contributed by atoms with E-state index in [1.807, 2.05) is 0 Å². The number of nitrogens with two attached hydrogens (primary N) is 1. The van der Waals surface area contributed by atoms with Gasteiger partial charge in [0.25, 0.3) is 0 Å². The Kier molecular flexibility index (Phi) is 33.8. The molecular weight excluding hydrogens is 450 g/mol. The molecule has 0 aromatic rings. The SMILES string of the molecule is CCCCCCCCCCCCCCCCCCCCCCCCCCCCCCNC(C)NCCN. The molecule has 0 saturated heterocycles. The molecule has 0 aromatic carbocycles. The van der Waals surface area contributed by atoms with Crippen LogP contribution in [0.2, 0.25) is 0 Å². The summed E-state index contributed by atoms with van der Waals surface area (Å²) in [5.41, 5.74) is 5.52. The maximum absolute atomic E-state index is 5.52. The molecular formula is C34H73N3. The van der Waals surface area contributed by atoms with Crippen molar-refractivity contribution in [2.45, 2.75) is 200 Å². The molecule has 0 aromatic heterocycles. The Labute approximate surface area is 235 Å². The van der Waals surface area contributed by atoms with Gasteiger partial charge in [-0.1, -0.05) is 180 Å². The summed E-state index contributed by atoms with van der Waals surface area (Å²) in [6.45, 7) is 7.22. The van der Waals surface area contributed by atoms with Gasteiger partial charge in [-0.2, -0.15) is 0 Å². The lowest BCUT2D eigenvalue weighted by molar-refractivity contribution is 0.446. The van der Waals surface area contributed by atoms with Crippen LogP contribution in [-0.4, -0.2) is 25.8 Å². The molecule has 0 rings (SSSR count). The van der Waals surface area contributed by atoms with Crippen molar-refractivity contribution in [3.8, 4) is 0 Å². The van der Waals surface area contributed by atoms with Gasteiger partial charge in [-0.15, -0.1) is 0 Å². The average Bonchev–Trinajstić information content (AvgIpc) is 2.91. The van der Waals surface area contributed by atoms with Crippen LogP contribution >= 0.6 is 0 Å². The second kappa shape index (κ2) is 33.9. The lowest BCUT2D eigenvalue weighted by atomic mass is 10.0. The van der Waals surface area contributed by atoms with Crippen molar-refractivity contribution in [2.24, 2.45) is 5.73 Å². The van der Waals surface area contributed by atoms with Gasteiger partial charge in [-0.25, -0.2) is 0 Å². The first-order valence-corrected chi connectivity index (χ1v) is 17.5. The Bertz CT molecular complexity index is 387. The number of unbranched alkanes of at least 4 members (excludes halogenated alkanes) is 27. The Morgan fingerprint density at radius 1 is 0.378 bits per heavy atom. The van der Waals surface area contributed by atoms with Crippen LogP contribution in [-0.2, 0) is 0 Å². The van der Waals surface area contributed by atoms with Crippen LogP contribution in [0.25, 0.3) is 0 Å². The van der Waals surface area contributed by atoms with Gasteiger partial charge in [-0.05, 0) is 19.9 Å². The molecule has 3 nitrogen and oxygen atoms in total. The van der Waals surface area contributed by atoms with Crippen molar-refractivity contribution in [3.05, 3.63) is 0 Å². The van der Waals surface area contributed by atoms with Crippen molar-refractivity contribution in [3.63, 3.8) is 0 Å². The zero-order valence-electron chi connectivity index (χ0n) is 26.1. The molecule has 0 spiro atoms. The van der Waals surface area contributed by atoms with Crippen LogP contribution in [0.3, 0.4) is 0 Å². The third-order valence-electron chi connectivity index (χ3n) is 8.08. The molecule has 224 valence electrons. The number of hydrogen-bond donors (Lipinski definition) is 3. The smallest absolute Gasteiger partial charge is 0.0542 e. The van der Waals surface area contributed by atoms with Gasteiger partial charge in [-0.3, -0.25) is 0 Å². The normalized spacial score (nSPS) is 12.4. The Morgan fingerprint density at radius 3 is 0.892 bits per heavy atom. The van der Waals surface area contributed by atoms with Crippen LogP contribution in [0.5, 0.6) is 0 Å². The largest absolute Gasteiger partial charge is 0.329 e. The van der Waals surface area contributed by atoms with E-state index in [1.54, 1.807) is 0 Å². The highest BCUT2D eigenvalue weighted by atomic mass is 15.1. The highest BCUT2D eigenvalue weighted by molar-refractivity contribution is 4.59. The van der Waals surface area contributed by atoms with Gasteiger partial charge in [0.2, 0.25) is 0 Å². The second-order valence-corrected chi connectivity index (χ2v) is 12.0. The van der Waals surface area contributed by atoms with E-state index in [2.05, 4.69) is 24.5 Å². The minimum absolute atomic E-state index is 0.387. The summed E-state index contributed by atoms with van der Waals surface area (Å²) in [7, 11) is 0. The Morgan fingerprint density at radius 2 is 0.622 bits per heavy atom. The number of nitrogens with one attached hydrogen (secondary N) is 2. The average molecular weight is 524 g/mol. The monoisotopic (exact) mass is 524 g/mol. The lowest BCUT2D eigenvalue weighted by Gasteiger charge is -2.14. The molecule has 37 heavy (non-hydrogen) atoms. The summed E-state index contributed by atoms with van der Waals surface area (Å²) < 4.78 is 0. The van der Waals surface area contributed by atoms with E-state index in [9.17, 15) is 0 Å². The molecule has 1 atom stereocenters. The fourth-order valence-electron chi connectivity index (χ4n) is 5.48. The van der Waals surface area contributed by atoms with Gasteiger partial charge < -0.3 is 16.4 Å². The van der Waals surface area contributed by atoms with E-state index in [0.29, 0.717) is 12.7 Å². The highest BCUT2D eigenvalue weighted by Gasteiger charge is 1.99. The molecule has 0 bridgehead atoms. The van der Waals surface area contributed by atoms with Gasteiger partial charge >= 0.3 is 0 Å². The predicted molar refractivity (Wildman–Crippen MR) is 169 cm³/mol. The molecule has 0 amide bonds. The van der Waals surface area contributed by atoms with E-state index in [-0.39, 0.29) is 0 Å². The van der Waals surface area contributed by atoms with Crippen LogP contribution in [0.4, 0.5) is 0 Å². The molecule has 0 aliphatic rings. The first-order chi connectivity index (χ1) is 18.3. The summed E-state index contributed by atoms with van der Waals surface area (Å²) in [4.78, 5) is 0. The number of hydrogen-bond acceptors (Lipinski definition) is 3. The van der Waals surface area contributed by atoms with Crippen LogP contribution < -0.4 is 16.4 Å². The fraction of sp³-hybridized carbons (Fsp3) is 1.00. The summed E-state index contributed by atoms with van der Waals surface area (Å²) in [6.07, 6.45) is 41.2. The first kappa shape index (κ1) is 36.9. The molecule has 0 aliphatic carbocycles. The number of rotatable bonds is 33. The minimum atomic E-state index is 0.387.